The van der Waals surface area contributed by atoms with Crippen molar-refractivity contribution in [2.75, 3.05) is 6.61 Å². The zero-order valence-corrected chi connectivity index (χ0v) is 8.23. The standard InChI is InChI=1S/C10H13N3O/c1-2-3-4-7-14-10-12-6-5-9(8-11)13-10/h5-6H,2-4,7H2,1H3. The number of nitrogens with zero attached hydrogens (tertiary/aromatic N) is 3. The predicted molar refractivity (Wildman–Crippen MR) is 51.8 cm³/mol. The van der Waals surface area contributed by atoms with Crippen molar-refractivity contribution in [2.24, 2.45) is 0 Å². The average Bonchev–Trinajstić information content (AvgIpc) is 2.25. The monoisotopic (exact) mass is 191 g/mol. The van der Waals surface area contributed by atoms with Crippen molar-refractivity contribution in [3.63, 3.8) is 0 Å². The Morgan fingerprint density at radius 3 is 3.07 bits per heavy atom. The van der Waals surface area contributed by atoms with Crippen molar-refractivity contribution >= 4 is 0 Å². The molecule has 0 unspecified atom stereocenters. The quantitative estimate of drug-likeness (QED) is 0.667. The zero-order valence-electron chi connectivity index (χ0n) is 8.23. The number of hydrogen-bond acceptors (Lipinski definition) is 4. The van der Waals surface area contributed by atoms with Gasteiger partial charge >= 0.3 is 6.01 Å². The van der Waals surface area contributed by atoms with Crippen molar-refractivity contribution in [1.82, 2.24) is 9.97 Å². The van der Waals surface area contributed by atoms with Crippen LogP contribution in [0.25, 0.3) is 0 Å². The second kappa shape index (κ2) is 5.92. The number of hydrogen-bond donors (Lipinski definition) is 0. The van der Waals surface area contributed by atoms with Crippen molar-refractivity contribution in [2.45, 2.75) is 26.2 Å². The third-order valence-electron chi connectivity index (χ3n) is 1.73. The molecule has 74 valence electrons. The molecule has 0 aliphatic rings. The second-order valence-electron chi connectivity index (χ2n) is 2.89. The van der Waals surface area contributed by atoms with Crippen LogP contribution in [0.15, 0.2) is 12.3 Å². The Morgan fingerprint density at radius 1 is 1.50 bits per heavy atom. The summed E-state index contributed by atoms with van der Waals surface area (Å²) in [5.74, 6) is 0. The Kier molecular flexibility index (Phi) is 4.42. The molecule has 0 radical (unpaired) electrons. The minimum atomic E-state index is 0.292. The highest BCUT2D eigenvalue weighted by Gasteiger charge is 1.98. The molecule has 0 bridgehead atoms. The van der Waals surface area contributed by atoms with Gasteiger partial charge in [0.25, 0.3) is 0 Å². The van der Waals surface area contributed by atoms with Crippen LogP contribution < -0.4 is 4.74 Å². The highest BCUT2D eigenvalue weighted by atomic mass is 16.5. The van der Waals surface area contributed by atoms with Gasteiger partial charge in [-0.2, -0.15) is 10.2 Å². The van der Waals surface area contributed by atoms with Gasteiger partial charge in [-0.25, -0.2) is 4.98 Å². The summed E-state index contributed by atoms with van der Waals surface area (Å²) in [5.41, 5.74) is 0.338. The van der Waals surface area contributed by atoms with E-state index in [4.69, 9.17) is 10.00 Å². The van der Waals surface area contributed by atoms with E-state index in [1.54, 1.807) is 6.07 Å². The van der Waals surface area contributed by atoms with E-state index in [1.165, 1.54) is 6.20 Å². The fourth-order valence-electron chi connectivity index (χ4n) is 0.988. The lowest BCUT2D eigenvalue weighted by atomic mass is 10.3. The molecule has 0 amide bonds. The van der Waals surface area contributed by atoms with Gasteiger partial charge < -0.3 is 4.74 Å². The average molecular weight is 191 g/mol. The van der Waals surface area contributed by atoms with Crippen molar-refractivity contribution < 1.29 is 4.74 Å². The van der Waals surface area contributed by atoms with Crippen LogP contribution in [0, 0.1) is 11.3 Å². The molecule has 0 aliphatic carbocycles. The summed E-state index contributed by atoms with van der Waals surface area (Å²) in [6.45, 7) is 2.75. The van der Waals surface area contributed by atoms with E-state index >= 15 is 0 Å². The van der Waals surface area contributed by atoms with Crippen molar-refractivity contribution in [1.29, 1.82) is 5.26 Å². The first-order chi connectivity index (χ1) is 6.86. The molecule has 0 fully saturated rings. The van der Waals surface area contributed by atoms with E-state index in [2.05, 4.69) is 16.9 Å². The molecule has 0 saturated heterocycles. The molecule has 0 spiro atoms. The van der Waals surface area contributed by atoms with Gasteiger partial charge in [-0.3, -0.25) is 0 Å². The van der Waals surface area contributed by atoms with Gasteiger partial charge in [0, 0.05) is 6.20 Å². The van der Waals surface area contributed by atoms with Crippen molar-refractivity contribution in [3.05, 3.63) is 18.0 Å². The van der Waals surface area contributed by atoms with E-state index in [0.717, 1.165) is 19.3 Å². The minimum Gasteiger partial charge on any atom is -0.463 e. The second-order valence-corrected chi connectivity index (χ2v) is 2.89. The van der Waals surface area contributed by atoms with Crippen LogP contribution >= 0.6 is 0 Å². The molecule has 1 rings (SSSR count). The molecule has 4 heteroatoms. The Labute approximate surface area is 83.6 Å². The summed E-state index contributed by atoms with van der Waals surface area (Å²) < 4.78 is 5.28. The fourth-order valence-corrected chi connectivity index (χ4v) is 0.988. The maximum Gasteiger partial charge on any atom is 0.317 e. The highest BCUT2D eigenvalue weighted by Crippen LogP contribution is 2.03. The molecule has 0 atom stereocenters. The lowest BCUT2D eigenvalue weighted by Crippen LogP contribution is -2.01. The summed E-state index contributed by atoms with van der Waals surface area (Å²) >= 11 is 0. The molecule has 0 N–H and O–H groups in total. The summed E-state index contributed by atoms with van der Waals surface area (Å²) in [5, 5.41) is 8.58. The number of rotatable bonds is 5. The molecule has 1 aromatic heterocycles. The van der Waals surface area contributed by atoms with Gasteiger partial charge in [-0.15, -0.1) is 0 Å². The summed E-state index contributed by atoms with van der Waals surface area (Å²) in [4.78, 5) is 7.79. The summed E-state index contributed by atoms with van der Waals surface area (Å²) in [6, 6.07) is 3.78. The van der Waals surface area contributed by atoms with Crippen LogP contribution in [0.5, 0.6) is 6.01 Å². The largest absolute Gasteiger partial charge is 0.463 e. The van der Waals surface area contributed by atoms with Crippen LogP contribution in [0.1, 0.15) is 31.9 Å². The molecule has 1 aromatic rings. The normalized spacial score (nSPS) is 9.43. The van der Waals surface area contributed by atoms with Gasteiger partial charge in [-0.1, -0.05) is 19.8 Å². The van der Waals surface area contributed by atoms with Gasteiger partial charge in [0.2, 0.25) is 0 Å². The van der Waals surface area contributed by atoms with Crippen LogP contribution in [0.2, 0.25) is 0 Å². The van der Waals surface area contributed by atoms with E-state index in [9.17, 15) is 0 Å². The number of nitriles is 1. The molecule has 14 heavy (non-hydrogen) atoms. The SMILES string of the molecule is CCCCCOc1nccc(C#N)n1. The maximum absolute atomic E-state index is 8.58. The first kappa shape index (κ1) is 10.5. The van der Waals surface area contributed by atoms with Gasteiger partial charge in [0.1, 0.15) is 11.8 Å². The summed E-state index contributed by atoms with van der Waals surface area (Å²) in [6.07, 6.45) is 4.82. The van der Waals surface area contributed by atoms with Gasteiger partial charge in [0.05, 0.1) is 6.61 Å². The lowest BCUT2D eigenvalue weighted by Gasteiger charge is -2.02. The van der Waals surface area contributed by atoms with Crippen LogP contribution in [-0.4, -0.2) is 16.6 Å². The van der Waals surface area contributed by atoms with Crippen LogP contribution in [0.3, 0.4) is 0 Å². The first-order valence-corrected chi connectivity index (χ1v) is 4.72. The Morgan fingerprint density at radius 2 is 2.36 bits per heavy atom. The Hall–Kier alpha value is -1.63. The molecule has 0 aromatic carbocycles. The molecular weight excluding hydrogens is 178 g/mol. The molecule has 1 heterocycles. The van der Waals surface area contributed by atoms with Crippen LogP contribution in [-0.2, 0) is 0 Å². The molecule has 4 nitrogen and oxygen atoms in total. The smallest absolute Gasteiger partial charge is 0.317 e. The minimum absolute atomic E-state index is 0.292. The number of aromatic nitrogens is 2. The molecular formula is C10H13N3O. The summed E-state index contributed by atoms with van der Waals surface area (Å²) in [7, 11) is 0. The first-order valence-electron chi connectivity index (χ1n) is 4.72. The van der Waals surface area contributed by atoms with E-state index < -0.39 is 0 Å². The third kappa shape index (κ3) is 3.40. The van der Waals surface area contributed by atoms with E-state index in [0.29, 0.717) is 18.3 Å². The van der Waals surface area contributed by atoms with Gasteiger partial charge in [-0.05, 0) is 12.5 Å². The van der Waals surface area contributed by atoms with Gasteiger partial charge in [0.15, 0.2) is 0 Å². The van der Waals surface area contributed by atoms with Crippen LogP contribution in [0.4, 0.5) is 0 Å². The molecule has 0 aliphatic heterocycles. The lowest BCUT2D eigenvalue weighted by molar-refractivity contribution is 0.282. The Bertz CT molecular complexity index is 319. The van der Waals surface area contributed by atoms with E-state index in [1.807, 2.05) is 6.07 Å². The number of unbranched alkanes of at least 4 members (excludes halogenated alkanes) is 2. The number of ether oxygens (including phenoxy) is 1. The topological polar surface area (TPSA) is 58.8 Å². The van der Waals surface area contributed by atoms with Crippen molar-refractivity contribution in [3.8, 4) is 12.1 Å². The fraction of sp³-hybridized carbons (Fsp3) is 0.500. The third-order valence-corrected chi connectivity index (χ3v) is 1.73. The predicted octanol–water partition coefficient (Wildman–Crippen LogP) is 1.92. The van der Waals surface area contributed by atoms with E-state index in [-0.39, 0.29) is 0 Å². The maximum atomic E-state index is 8.58. The zero-order chi connectivity index (χ0) is 10.2. The Balaban J connectivity index is 2.39. The highest BCUT2D eigenvalue weighted by molar-refractivity contribution is 5.19. The molecule has 0 saturated carbocycles.